The molecule has 170 valence electrons. The molecule has 0 spiro atoms. The van der Waals surface area contributed by atoms with Crippen molar-refractivity contribution in [3.05, 3.63) is 71.0 Å². The number of benzene rings is 1. The Kier molecular flexibility index (Phi) is 5.76. The summed E-state index contributed by atoms with van der Waals surface area (Å²) in [7, 11) is 2.02. The number of aryl methyl sites for hydroxylation is 1. The molecule has 0 radical (unpaired) electrons. The number of hydrogen-bond donors (Lipinski definition) is 1. The minimum Gasteiger partial charge on any atom is -0.381 e. The molecule has 0 saturated carbocycles. The van der Waals surface area contributed by atoms with Crippen LogP contribution in [0.4, 0.5) is 0 Å². The Morgan fingerprint density at radius 3 is 2.82 bits per heavy atom. The van der Waals surface area contributed by atoms with Crippen LogP contribution in [0.5, 0.6) is 0 Å². The highest BCUT2D eigenvalue weighted by atomic mass is 32.1. The zero-order chi connectivity index (χ0) is 23.0. The summed E-state index contributed by atoms with van der Waals surface area (Å²) in [6, 6.07) is 12.5. The van der Waals surface area contributed by atoms with Crippen LogP contribution in [0, 0.1) is 5.41 Å². The van der Waals surface area contributed by atoms with E-state index < -0.39 is 0 Å². The van der Waals surface area contributed by atoms with Crippen LogP contribution in [-0.4, -0.2) is 39.7 Å². The Bertz CT molecular complexity index is 1280. The Labute approximate surface area is 197 Å². The van der Waals surface area contributed by atoms with Gasteiger partial charge in [-0.3, -0.25) is 4.79 Å². The maximum absolute atomic E-state index is 13.2. The Balaban J connectivity index is 1.43. The van der Waals surface area contributed by atoms with Gasteiger partial charge in [-0.25, -0.2) is 9.97 Å². The van der Waals surface area contributed by atoms with E-state index in [2.05, 4.69) is 58.0 Å². The molecule has 6 nitrogen and oxygen atoms in total. The van der Waals surface area contributed by atoms with Gasteiger partial charge >= 0.3 is 0 Å². The van der Waals surface area contributed by atoms with Gasteiger partial charge in [-0.2, -0.15) is 0 Å². The van der Waals surface area contributed by atoms with E-state index in [0.29, 0.717) is 18.9 Å². The molecule has 4 heterocycles. The normalized spacial score (nSPS) is 17.8. The number of ether oxygens (including phenoxy) is 1. The lowest BCUT2D eigenvalue weighted by Gasteiger charge is -2.38. The van der Waals surface area contributed by atoms with Crippen molar-refractivity contribution in [1.29, 1.82) is 0 Å². The molecule has 1 amide bonds. The molecule has 1 aliphatic heterocycles. The zero-order valence-electron chi connectivity index (χ0n) is 19.2. The number of nitrogens with one attached hydrogen (secondary N) is 1. The molecule has 0 bridgehead atoms. The van der Waals surface area contributed by atoms with Crippen molar-refractivity contribution in [1.82, 2.24) is 19.9 Å². The summed E-state index contributed by atoms with van der Waals surface area (Å²) in [5.74, 6) is -0.124. The molecule has 1 aliphatic rings. The fourth-order valence-electron chi connectivity index (χ4n) is 4.52. The standard InChI is InChI=1S/C26H28N4O2S/c1-26(2)16-32-12-9-22(26)29-24(31)21-15-19(23-20(28-21)8-11-30(23)3)14-17-4-6-18(7-5-17)25-27-10-13-33-25/h4-8,10-11,13,15,22H,9,12,14,16H2,1-3H3,(H,29,31). The number of rotatable bonds is 5. The van der Waals surface area contributed by atoms with Gasteiger partial charge in [-0.05, 0) is 36.1 Å². The van der Waals surface area contributed by atoms with Crippen molar-refractivity contribution < 1.29 is 9.53 Å². The molecule has 1 aromatic carbocycles. The Hall–Kier alpha value is -3.03. The van der Waals surface area contributed by atoms with Crippen LogP contribution in [0.2, 0.25) is 0 Å². The second-order valence-corrected chi connectivity index (χ2v) is 10.3. The molecule has 1 fully saturated rings. The van der Waals surface area contributed by atoms with Gasteiger partial charge in [0.15, 0.2) is 0 Å². The third-order valence-electron chi connectivity index (χ3n) is 6.44. The largest absolute Gasteiger partial charge is 0.381 e. The van der Waals surface area contributed by atoms with Gasteiger partial charge in [0.1, 0.15) is 10.7 Å². The van der Waals surface area contributed by atoms with Gasteiger partial charge in [-0.1, -0.05) is 38.1 Å². The number of aromatic nitrogens is 3. The van der Waals surface area contributed by atoms with Gasteiger partial charge in [0, 0.05) is 48.4 Å². The Morgan fingerprint density at radius 1 is 1.27 bits per heavy atom. The molecule has 0 aliphatic carbocycles. The molecule has 1 unspecified atom stereocenters. The third kappa shape index (κ3) is 4.43. The van der Waals surface area contributed by atoms with Crippen molar-refractivity contribution in [2.24, 2.45) is 12.5 Å². The first-order valence-electron chi connectivity index (χ1n) is 11.2. The number of nitrogens with zero attached hydrogens (tertiary/aromatic N) is 3. The lowest BCUT2D eigenvalue weighted by molar-refractivity contribution is -0.0116. The fourth-order valence-corrected chi connectivity index (χ4v) is 5.17. The summed E-state index contributed by atoms with van der Waals surface area (Å²) in [4.78, 5) is 22.3. The summed E-state index contributed by atoms with van der Waals surface area (Å²) < 4.78 is 7.68. The van der Waals surface area contributed by atoms with E-state index in [-0.39, 0.29) is 17.4 Å². The van der Waals surface area contributed by atoms with Crippen molar-refractivity contribution in [2.75, 3.05) is 13.2 Å². The summed E-state index contributed by atoms with van der Waals surface area (Å²) in [6.07, 6.45) is 5.35. The summed E-state index contributed by atoms with van der Waals surface area (Å²) in [5.41, 5.74) is 5.64. The molecule has 1 saturated heterocycles. The summed E-state index contributed by atoms with van der Waals surface area (Å²) >= 11 is 1.63. The molecule has 7 heteroatoms. The fraction of sp³-hybridized carbons (Fsp3) is 0.346. The second-order valence-electron chi connectivity index (χ2n) is 9.39. The molecule has 3 aromatic heterocycles. The number of pyridine rings is 1. The quantitative estimate of drug-likeness (QED) is 0.463. The SMILES string of the molecule is Cn1ccc2nc(C(=O)NC3CCOCC3(C)C)cc(Cc3ccc(-c4nccs4)cc3)c21. The lowest BCUT2D eigenvalue weighted by atomic mass is 9.82. The topological polar surface area (TPSA) is 69.0 Å². The predicted molar refractivity (Wildman–Crippen MR) is 132 cm³/mol. The number of hydrogen-bond acceptors (Lipinski definition) is 5. The average Bonchev–Trinajstić information content (AvgIpc) is 3.46. The molecular formula is C26H28N4O2S. The number of thiazole rings is 1. The third-order valence-corrected chi connectivity index (χ3v) is 7.26. The van der Waals surface area contributed by atoms with Gasteiger partial charge in [0.2, 0.25) is 0 Å². The van der Waals surface area contributed by atoms with Crippen molar-refractivity contribution in [3.8, 4) is 10.6 Å². The van der Waals surface area contributed by atoms with Gasteiger partial charge < -0.3 is 14.6 Å². The van der Waals surface area contributed by atoms with Crippen LogP contribution < -0.4 is 5.32 Å². The average molecular weight is 461 g/mol. The minimum atomic E-state index is -0.124. The van der Waals surface area contributed by atoms with Crippen LogP contribution in [0.1, 0.15) is 41.9 Å². The van der Waals surface area contributed by atoms with Crippen LogP contribution >= 0.6 is 11.3 Å². The number of fused-ring (bicyclic) bond motifs is 1. The smallest absolute Gasteiger partial charge is 0.270 e. The first-order chi connectivity index (χ1) is 15.9. The monoisotopic (exact) mass is 460 g/mol. The molecule has 4 aromatic rings. The van der Waals surface area contributed by atoms with E-state index in [0.717, 1.165) is 40.0 Å². The number of carbonyl (C=O) groups excluding carboxylic acids is 1. The zero-order valence-corrected chi connectivity index (χ0v) is 20.0. The van der Waals surface area contributed by atoms with E-state index in [1.807, 2.05) is 37.0 Å². The van der Waals surface area contributed by atoms with Gasteiger partial charge in [-0.15, -0.1) is 11.3 Å². The first-order valence-corrected chi connectivity index (χ1v) is 12.1. The van der Waals surface area contributed by atoms with E-state index in [1.54, 1.807) is 11.3 Å². The van der Waals surface area contributed by atoms with Gasteiger partial charge in [0.05, 0.1) is 17.6 Å². The highest BCUT2D eigenvalue weighted by Crippen LogP contribution is 2.29. The van der Waals surface area contributed by atoms with E-state index >= 15 is 0 Å². The van der Waals surface area contributed by atoms with E-state index in [1.165, 1.54) is 5.56 Å². The van der Waals surface area contributed by atoms with Crippen LogP contribution in [-0.2, 0) is 18.2 Å². The molecule has 5 rings (SSSR count). The summed E-state index contributed by atoms with van der Waals surface area (Å²) in [6.45, 7) is 5.57. The van der Waals surface area contributed by atoms with Crippen molar-refractivity contribution in [3.63, 3.8) is 0 Å². The second kappa shape index (κ2) is 8.72. The van der Waals surface area contributed by atoms with Crippen LogP contribution in [0.25, 0.3) is 21.6 Å². The maximum atomic E-state index is 13.2. The van der Waals surface area contributed by atoms with E-state index in [4.69, 9.17) is 4.74 Å². The summed E-state index contributed by atoms with van der Waals surface area (Å²) in [5, 5.41) is 6.22. The highest BCUT2D eigenvalue weighted by molar-refractivity contribution is 7.13. The van der Waals surface area contributed by atoms with E-state index in [9.17, 15) is 4.79 Å². The predicted octanol–water partition coefficient (Wildman–Crippen LogP) is 4.83. The van der Waals surface area contributed by atoms with Gasteiger partial charge in [0.25, 0.3) is 5.91 Å². The van der Waals surface area contributed by atoms with Crippen LogP contribution in [0.3, 0.4) is 0 Å². The Morgan fingerprint density at radius 2 is 2.09 bits per heavy atom. The maximum Gasteiger partial charge on any atom is 0.270 e. The number of carbonyl (C=O) groups is 1. The first kappa shape index (κ1) is 21.8. The molecule has 33 heavy (non-hydrogen) atoms. The van der Waals surface area contributed by atoms with Crippen molar-refractivity contribution in [2.45, 2.75) is 32.7 Å². The minimum absolute atomic E-state index is 0.0638. The van der Waals surface area contributed by atoms with Crippen LogP contribution in [0.15, 0.2) is 54.2 Å². The van der Waals surface area contributed by atoms with Crippen molar-refractivity contribution >= 4 is 28.3 Å². The molecule has 1 N–H and O–H groups in total. The molecular weight excluding hydrogens is 432 g/mol. The lowest BCUT2D eigenvalue weighted by Crippen LogP contribution is -2.50. The molecule has 1 atom stereocenters. The number of amides is 1. The highest BCUT2D eigenvalue weighted by Gasteiger charge is 2.34.